The Morgan fingerprint density at radius 2 is 0.812 bits per heavy atom. The zero-order valence-corrected chi connectivity index (χ0v) is 104. The first-order chi connectivity index (χ1) is 68.0. The van der Waals surface area contributed by atoms with Crippen molar-refractivity contribution in [2.75, 3.05) is 76.2 Å². The average Bonchev–Trinajstić information content (AvgIpc) is 1.65. The van der Waals surface area contributed by atoms with Gasteiger partial charge >= 0.3 is 197 Å². The van der Waals surface area contributed by atoms with E-state index in [-0.39, 0.29) is 254 Å². The van der Waals surface area contributed by atoms with E-state index in [9.17, 15) is 34.2 Å². The normalized spacial score (nSPS) is 9.65. The van der Waals surface area contributed by atoms with Gasteiger partial charge in [-0.15, -0.1) is 18.8 Å². The number of nitrogens with two attached hydrogens (primary N) is 2. The summed E-state index contributed by atoms with van der Waals surface area (Å²) in [6, 6.07) is 63.4. The van der Waals surface area contributed by atoms with Gasteiger partial charge in [-0.05, 0) is 282 Å². The number of carbonyl (C=O) groups is 6. The molecule has 14 aromatic rings. The van der Waals surface area contributed by atoms with E-state index in [2.05, 4.69) is 122 Å². The van der Waals surface area contributed by atoms with Crippen LogP contribution in [0.3, 0.4) is 0 Å². The van der Waals surface area contributed by atoms with Gasteiger partial charge in [0.1, 0.15) is 115 Å². The summed E-state index contributed by atoms with van der Waals surface area (Å²) >= 11 is 13.5. The van der Waals surface area contributed by atoms with Crippen LogP contribution in [0.1, 0.15) is 112 Å². The first-order valence-electron chi connectivity index (χ1n) is 42.4. The molecule has 0 aliphatic heterocycles. The van der Waals surface area contributed by atoms with Crippen LogP contribution in [0.15, 0.2) is 224 Å². The van der Waals surface area contributed by atoms with Gasteiger partial charge in [-0.3, -0.25) is 19.2 Å². The predicted octanol–water partition coefficient (Wildman–Crippen LogP) is 5.30. The minimum absolute atomic E-state index is 0. The SMILES string of the molecule is C#CCOC.CCOC(=O)Cc1ccccc1O.CCOC(=O)Cc1ccccc1OCc1cc(-c2cccc(CN)c2)c2oc(COC)cc2c1.CCOC(=O)Cc1ccccc1OCc1cc(I)c2oc(COC)cc2c1.COC(=O)c1cc(I)c(O)c(I)c1.COCc1cc2cc(C(=O)OC)cc(I)c2o1.COCc1cc2cc(CO)cc(I)c2o1.Cl.NCc1cccc(B(O)O)c1.O=CO[O-].[B].[Cu].[H-].[H-].[K+].[K+].[Li+].[Li+].[OH-].[O]=[Cu]. The van der Waals surface area contributed by atoms with E-state index in [1.807, 2.05) is 167 Å². The molecule has 0 unspecified atom stereocenters. The molecule has 14 rings (SSSR count). The molecule has 4 radical (unpaired) electrons. The standard InChI is InChI=1S/C28H29NO5.C21H21IO5.C12H11IO4.C11H11IO3.C10H12O3.C8H6I2O3.C7H10BNO2.C4H6O.CH2O3.B.ClH.2Cu.2K.2Li.H2O.O.2H/c1-3-32-27(30)15-22-8-4-5-10-26(22)33-17-20-12-23-14-24(18-31-2)34-28(23)25(13-20)21-9-6-7-19(11-21)16-29;1-3-25-20(23)11-15-6-4-5-7-19(15)26-12-14-8-16-10-17(13-24-2)27-21(16)18(22)9-14;1-15-6-9-4-7-3-8(12(14)16-2)5-10(13)11(7)17-9;1-14-6-9-4-8-2-7(5-13)3-10(12)11(8)15-9;1-2-13-10(12)7-8-5-3-4-6-9(8)11;1-13-8(12)4-2-5(9)7(11)6(10)3-4;9-5-6-2-1-3-7(4-6)8(10)11;1-3-4-5-2;2-1-4-3;;;;;;;;;;;;/h4-14H,3,15-18,29H2,1-2H3;4-10H,3,11-13H2,1-2H3;3-5H,6H2,1-2H3;2-4,13H,5-6H2,1H3;3-6,11H,2,7H2,1H3;2-3,11H,1H3;1-4,10-11H,5,9H2;1H,4H2,2H3;1,3H;;1H;;;;;;;1H2;;;/q;;;;;;;;;;;;;4*+1;;;2*-1/p-2. The Labute approximate surface area is 1070 Å². The molecule has 0 saturated carbocycles. The molecule has 4 aromatic heterocycles. The number of furan rings is 4. The summed E-state index contributed by atoms with van der Waals surface area (Å²) in [5.41, 5.74) is 25.0. The Morgan fingerprint density at radius 3 is 1.19 bits per heavy atom. The van der Waals surface area contributed by atoms with Crippen molar-refractivity contribution >= 4 is 227 Å². The number of phenolic OH excluding ortho intramolecular Hbond substituents is 2. The molecule has 0 amide bonds. The number of esters is 5. The summed E-state index contributed by atoms with van der Waals surface area (Å²) in [7, 11) is 9.40. The van der Waals surface area contributed by atoms with Gasteiger partial charge < -0.3 is 130 Å². The molecular formula is C102H111B2ClCu2I5K2Li2N2O31. The van der Waals surface area contributed by atoms with Crippen molar-refractivity contribution in [2.24, 2.45) is 11.5 Å². The van der Waals surface area contributed by atoms with Gasteiger partial charge in [-0.1, -0.05) is 103 Å². The van der Waals surface area contributed by atoms with Crippen LogP contribution < -0.4 is 172 Å². The number of aliphatic hydroxyl groups excluding tert-OH is 1. The Bertz CT molecular complexity index is 6380. The van der Waals surface area contributed by atoms with E-state index >= 15 is 0 Å². The number of phenols is 2. The Kier molecular flexibility index (Phi) is 85.6. The zero-order valence-electron chi connectivity index (χ0n) is 86.2. The summed E-state index contributed by atoms with van der Waals surface area (Å²) in [6.07, 6.45) is 5.26. The zero-order chi connectivity index (χ0) is 104. The van der Waals surface area contributed by atoms with Crippen molar-refractivity contribution in [2.45, 2.75) is 99.4 Å². The van der Waals surface area contributed by atoms with Crippen LogP contribution in [-0.4, -0.2) is 159 Å². The number of aliphatic hydroxyl groups is 1. The molecule has 0 aliphatic rings. The van der Waals surface area contributed by atoms with Crippen LogP contribution in [0, 0.1) is 30.2 Å². The summed E-state index contributed by atoms with van der Waals surface area (Å²) in [5, 5.41) is 57.6. The van der Waals surface area contributed by atoms with Crippen molar-refractivity contribution in [3.63, 3.8) is 0 Å². The third-order valence-corrected chi connectivity index (χ3v) is 22.8. The monoisotopic (exact) mass is 2770 g/mol. The molecule has 0 saturated heterocycles. The fraction of sp³-hybridized carbons (Fsp3) is 0.255. The third-order valence-electron chi connectivity index (χ3n) is 18.8. The number of para-hydroxylation sites is 3. The molecule has 10 aromatic carbocycles. The van der Waals surface area contributed by atoms with Crippen molar-refractivity contribution in [3.05, 3.63) is 303 Å². The quantitative estimate of drug-likeness (QED) is 0.00411. The molecule has 149 heavy (non-hydrogen) atoms. The summed E-state index contributed by atoms with van der Waals surface area (Å²) in [5.74, 6) is 5.49. The molecule has 47 heteroatoms. The summed E-state index contributed by atoms with van der Waals surface area (Å²) in [4.78, 5) is 68.6. The van der Waals surface area contributed by atoms with Gasteiger partial charge in [0.2, 0.25) is 0 Å². The average molecular weight is 2770 g/mol. The third kappa shape index (κ3) is 52.7. The molecular weight excluding hydrogens is 2660 g/mol. The number of benzene rings is 10. The Morgan fingerprint density at radius 1 is 0.463 bits per heavy atom. The van der Waals surface area contributed by atoms with Crippen LogP contribution in [-0.2, 0) is 187 Å². The van der Waals surface area contributed by atoms with E-state index in [0.717, 1.165) is 128 Å². The topological polar surface area (TPSA) is 498 Å². The van der Waals surface area contributed by atoms with E-state index in [4.69, 9.17) is 112 Å². The second-order valence-electron chi connectivity index (χ2n) is 28.9. The summed E-state index contributed by atoms with van der Waals surface area (Å²) in [6.45, 7) is 10.1. The van der Waals surface area contributed by atoms with E-state index in [1.54, 1.807) is 123 Å². The number of hydrogen-bond donors (Lipinski definition) is 7. The number of hydrogen-bond acceptors (Lipinski definition) is 33. The molecule has 789 valence electrons. The van der Waals surface area contributed by atoms with Crippen LogP contribution >= 0.6 is 125 Å². The van der Waals surface area contributed by atoms with E-state index < -0.39 is 13.1 Å². The van der Waals surface area contributed by atoms with E-state index in [1.165, 1.54) is 14.2 Å². The van der Waals surface area contributed by atoms with Gasteiger partial charge in [-0.25, -0.2) is 9.59 Å². The fourth-order valence-electron chi connectivity index (χ4n) is 12.7. The maximum absolute atomic E-state index is 12.0. The van der Waals surface area contributed by atoms with E-state index in [0.29, 0.717) is 120 Å². The second-order valence-corrected chi connectivity index (χ2v) is 34.7. The molecule has 4 heterocycles. The van der Waals surface area contributed by atoms with Crippen molar-refractivity contribution < 1.29 is 324 Å². The Balaban J connectivity index is -0.000000407. The fourth-order valence-corrected chi connectivity index (χ4v) is 16.9. The number of carbonyl (C=O) groups excluding carboxylic acids is 6. The maximum atomic E-state index is 12.0. The van der Waals surface area contributed by atoms with Gasteiger partial charge in [0.15, 0.2) is 0 Å². The van der Waals surface area contributed by atoms with Gasteiger partial charge in [0, 0.05) is 118 Å². The van der Waals surface area contributed by atoms with Gasteiger partial charge in [-0.2, -0.15) is 0 Å². The van der Waals surface area contributed by atoms with Crippen LogP contribution in [0.5, 0.6) is 23.0 Å². The first kappa shape index (κ1) is 150. The molecule has 10 N–H and O–H groups in total. The molecule has 0 spiro atoms. The molecule has 0 atom stereocenters. The van der Waals surface area contributed by atoms with Gasteiger partial charge in [0.05, 0.1) is 88.9 Å². The number of ether oxygens (including phenoxy) is 12. The van der Waals surface area contributed by atoms with Crippen LogP contribution in [0.4, 0.5) is 0 Å². The number of terminal acetylenes is 1. The minimum atomic E-state index is -1.40. The first-order valence-corrected chi connectivity index (χ1v) is 48.2. The Hall–Kier alpha value is -5.16. The van der Waals surface area contributed by atoms with Crippen LogP contribution in [0.2, 0.25) is 0 Å². The second kappa shape index (κ2) is 85.0. The van der Waals surface area contributed by atoms with Gasteiger partial charge in [0.25, 0.3) is 6.47 Å². The number of fused-ring (bicyclic) bond motifs is 4. The van der Waals surface area contributed by atoms with Crippen molar-refractivity contribution in [1.29, 1.82) is 0 Å². The summed E-state index contributed by atoms with van der Waals surface area (Å²) < 4.78 is 96.4. The number of rotatable bonds is 32. The number of halogens is 6. The number of methoxy groups -OCH3 is 7. The molecule has 0 aliphatic carbocycles. The predicted molar refractivity (Wildman–Crippen MR) is 582 cm³/mol. The number of aromatic hydroxyl groups is 2. The van der Waals surface area contributed by atoms with Crippen molar-refractivity contribution in [3.8, 4) is 46.5 Å². The molecule has 33 nitrogen and oxygen atoms in total. The molecule has 0 bridgehead atoms. The van der Waals surface area contributed by atoms with Crippen LogP contribution in [0.25, 0.3) is 55.0 Å². The molecule has 0 fully saturated rings. The van der Waals surface area contributed by atoms with Crippen molar-refractivity contribution in [1.82, 2.24) is 0 Å².